The Morgan fingerprint density at radius 1 is 1.08 bits per heavy atom. The molecule has 0 atom stereocenters. The molecule has 0 saturated heterocycles. The summed E-state index contributed by atoms with van der Waals surface area (Å²) < 4.78 is 23.5. The fourth-order valence-electron chi connectivity index (χ4n) is 0.838. The van der Waals surface area contributed by atoms with Crippen LogP contribution in [-0.2, 0) is 15.1 Å². The topological polar surface area (TPSA) is 66.1 Å². The maximum atomic E-state index is 10.6. The quantitative estimate of drug-likeness (QED) is 0.601. The number of sulfonamides is 1. The van der Waals surface area contributed by atoms with Gasteiger partial charge in [-0.05, 0) is 12.8 Å². The van der Waals surface area contributed by atoms with E-state index in [1.54, 1.807) is 0 Å². The van der Waals surface area contributed by atoms with E-state index in [4.69, 9.17) is 0 Å². The summed E-state index contributed by atoms with van der Waals surface area (Å²) in [5.41, 5.74) is 0. The van der Waals surface area contributed by atoms with Gasteiger partial charge in [0.1, 0.15) is 0 Å². The van der Waals surface area contributed by atoms with Crippen LogP contribution in [0.25, 0.3) is 0 Å². The molecule has 0 rings (SSSR count). The molecule has 73 valence electrons. The zero-order chi connectivity index (χ0) is 9.45. The van der Waals surface area contributed by atoms with E-state index >= 15 is 0 Å². The summed E-state index contributed by atoms with van der Waals surface area (Å²) in [6.45, 7) is 0.456. The molecule has 4 nitrogen and oxygen atoms in total. The van der Waals surface area contributed by atoms with Gasteiger partial charge in [-0.2, -0.15) is 0 Å². The highest BCUT2D eigenvalue weighted by atomic mass is 32.2. The van der Waals surface area contributed by atoms with E-state index in [9.17, 15) is 13.5 Å². The van der Waals surface area contributed by atoms with Crippen LogP contribution in [-0.4, -0.2) is 27.8 Å². The summed E-state index contributed by atoms with van der Waals surface area (Å²) >= 11 is 0. The molecule has 0 aromatic heterocycles. The van der Waals surface area contributed by atoms with Crippen LogP contribution < -0.4 is 4.72 Å². The van der Waals surface area contributed by atoms with Crippen LogP contribution in [0, 0.1) is 0 Å². The van der Waals surface area contributed by atoms with Crippen molar-refractivity contribution in [3.05, 3.63) is 0 Å². The SMILES string of the molecule is CS(=O)(=O)NCCCCCC[O]. The normalized spacial score (nSPS) is 11.8. The molecule has 0 aromatic carbocycles. The van der Waals surface area contributed by atoms with Crippen LogP contribution >= 0.6 is 0 Å². The molecule has 0 fully saturated rings. The first kappa shape index (κ1) is 11.9. The molecule has 1 N–H and O–H groups in total. The lowest BCUT2D eigenvalue weighted by Gasteiger charge is -2.00. The Kier molecular flexibility index (Phi) is 6.32. The standard InChI is InChI=1S/C7H16NO3S/c1-12(10,11)8-6-4-2-3-5-7-9/h8H,2-7H2,1H3. The Labute approximate surface area is 74.0 Å². The minimum Gasteiger partial charge on any atom is -0.237 e. The van der Waals surface area contributed by atoms with Crippen LogP contribution in [0.2, 0.25) is 0 Å². The summed E-state index contributed by atoms with van der Waals surface area (Å²) in [7, 11) is -3.03. The van der Waals surface area contributed by atoms with Crippen LogP contribution in [0.5, 0.6) is 0 Å². The van der Waals surface area contributed by atoms with Crippen LogP contribution in [0.3, 0.4) is 0 Å². The predicted molar refractivity (Wildman–Crippen MR) is 46.9 cm³/mol. The summed E-state index contributed by atoms with van der Waals surface area (Å²) in [6.07, 6.45) is 4.47. The van der Waals surface area contributed by atoms with Crippen LogP contribution in [0.15, 0.2) is 0 Å². The largest absolute Gasteiger partial charge is 0.237 e. The first-order valence-corrected chi connectivity index (χ1v) is 5.98. The second-order valence-corrected chi connectivity index (χ2v) is 4.62. The lowest BCUT2D eigenvalue weighted by molar-refractivity contribution is 0.186. The lowest BCUT2D eigenvalue weighted by atomic mass is 10.2. The average molecular weight is 194 g/mol. The number of unbranched alkanes of at least 4 members (excludes halogenated alkanes) is 3. The van der Waals surface area contributed by atoms with Crippen molar-refractivity contribution in [2.45, 2.75) is 25.7 Å². The van der Waals surface area contributed by atoms with E-state index in [1.807, 2.05) is 0 Å². The van der Waals surface area contributed by atoms with Gasteiger partial charge in [0.25, 0.3) is 0 Å². The molecule has 0 bridgehead atoms. The molecule has 0 saturated carbocycles. The second kappa shape index (κ2) is 6.39. The second-order valence-electron chi connectivity index (χ2n) is 2.78. The summed E-state index contributed by atoms with van der Waals surface area (Å²) in [5.74, 6) is 0. The third kappa shape index (κ3) is 9.87. The first-order chi connectivity index (χ1) is 5.56. The van der Waals surface area contributed by atoms with E-state index < -0.39 is 10.0 Å². The molecule has 0 aliphatic heterocycles. The number of rotatable bonds is 7. The zero-order valence-electron chi connectivity index (χ0n) is 7.38. The van der Waals surface area contributed by atoms with Crippen molar-refractivity contribution >= 4 is 10.0 Å². The third-order valence-electron chi connectivity index (χ3n) is 1.44. The van der Waals surface area contributed by atoms with Gasteiger partial charge in [-0.1, -0.05) is 12.8 Å². The van der Waals surface area contributed by atoms with Gasteiger partial charge in [-0.15, -0.1) is 0 Å². The minimum atomic E-state index is -3.03. The van der Waals surface area contributed by atoms with Crippen molar-refractivity contribution < 1.29 is 13.5 Å². The molecular formula is C7H16NO3S. The number of hydrogen-bond acceptors (Lipinski definition) is 2. The summed E-state index contributed by atoms with van der Waals surface area (Å²) in [5, 5.41) is 10.0. The lowest BCUT2D eigenvalue weighted by Crippen LogP contribution is -2.22. The van der Waals surface area contributed by atoms with E-state index in [0.717, 1.165) is 25.5 Å². The Bertz CT molecular complexity index is 189. The van der Waals surface area contributed by atoms with Gasteiger partial charge in [0.05, 0.1) is 12.9 Å². The summed E-state index contributed by atoms with van der Waals surface area (Å²) in [6, 6.07) is 0. The minimum absolute atomic E-state index is 0.0283. The Morgan fingerprint density at radius 3 is 2.17 bits per heavy atom. The van der Waals surface area contributed by atoms with Gasteiger partial charge < -0.3 is 0 Å². The number of hydrogen-bond donors (Lipinski definition) is 1. The van der Waals surface area contributed by atoms with Gasteiger partial charge in [-0.25, -0.2) is 18.2 Å². The zero-order valence-corrected chi connectivity index (χ0v) is 8.19. The van der Waals surface area contributed by atoms with Gasteiger partial charge in [0.15, 0.2) is 0 Å². The molecule has 0 heterocycles. The van der Waals surface area contributed by atoms with Crippen molar-refractivity contribution in [1.82, 2.24) is 4.72 Å². The van der Waals surface area contributed by atoms with Crippen LogP contribution in [0.1, 0.15) is 25.7 Å². The molecule has 0 aromatic rings. The Morgan fingerprint density at radius 2 is 1.67 bits per heavy atom. The molecular weight excluding hydrogens is 178 g/mol. The molecule has 1 radical (unpaired) electrons. The van der Waals surface area contributed by atoms with E-state index in [2.05, 4.69) is 4.72 Å². The monoisotopic (exact) mass is 194 g/mol. The summed E-state index contributed by atoms with van der Waals surface area (Å²) in [4.78, 5) is 0. The highest BCUT2D eigenvalue weighted by Crippen LogP contribution is 1.97. The fraction of sp³-hybridized carbons (Fsp3) is 1.00. The first-order valence-electron chi connectivity index (χ1n) is 4.09. The van der Waals surface area contributed by atoms with Crippen molar-refractivity contribution in [1.29, 1.82) is 0 Å². The maximum absolute atomic E-state index is 10.6. The van der Waals surface area contributed by atoms with Crippen molar-refractivity contribution in [3.8, 4) is 0 Å². The van der Waals surface area contributed by atoms with Gasteiger partial charge in [0.2, 0.25) is 10.0 Å². The van der Waals surface area contributed by atoms with Crippen molar-refractivity contribution in [2.75, 3.05) is 19.4 Å². The molecule has 0 amide bonds. The molecule has 0 unspecified atom stereocenters. The molecule has 0 aliphatic rings. The van der Waals surface area contributed by atoms with Crippen molar-refractivity contribution in [3.63, 3.8) is 0 Å². The van der Waals surface area contributed by atoms with Crippen molar-refractivity contribution in [2.24, 2.45) is 0 Å². The Balaban J connectivity index is 3.12. The van der Waals surface area contributed by atoms with E-state index in [0.29, 0.717) is 13.0 Å². The van der Waals surface area contributed by atoms with E-state index in [1.165, 1.54) is 0 Å². The predicted octanol–water partition coefficient (Wildman–Crippen LogP) is 0.526. The van der Waals surface area contributed by atoms with Crippen LogP contribution in [0.4, 0.5) is 0 Å². The van der Waals surface area contributed by atoms with Gasteiger partial charge in [-0.3, -0.25) is 0 Å². The fourth-order valence-corrected chi connectivity index (χ4v) is 1.35. The highest BCUT2D eigenvalue weighted by Gasteiger charge is 1.97. The molecule has 5 heteroatoms. The van der Waals surface area contributed by atoms with E-state index in [-0.39, 0.29) is 6.61 Å². The highest BCUT2D eigenvalue weighted by molar-refractivity contribution is 7.88. The molecule has 0 aliphatic carbocycles. The Hall–Kier alpha value is -0.130. The maximum Gasteiger partial charge on any atom is 0.208 e. The molecule has 0 spiro atoms. The third-order valence-corrected chi connectivity index (χ3v) is 2.16. The van der Waals surface area contributed by atoms with Gasteiger partial charge >= 0.3 is 0 Å². The smallest absolute Gasteiger partial charge is 0.208 e. The van der Waals surface area contributed by atoms with Gasteiger partial charge in [0, 0.05) is 6.54 Å². The molecule has 12 heavy (non-hydrogen) atoms. The average Bonchev–Trinajstić information content (AvgIpc) is 1.94. The number of nitrogens with one attached hydrogen (secondary N) is 1.